The first-order valence-corrected chi connectivity index (χ1v) is 5.58. The smallest absolute Gasteiger partial charge is 0.152 e. The zero-order chi connectivity index (χ0) is 12.3. The number of nitrogens with zero attached hydrogens (tertiary/aromatic N) is 2. The van der Waals surface area contributed by atoms with Gasteiger partial charge in [0.2, 0.25) is 0 Å². The van der Waals surface area contributed by atoms with Crippen LogP contribution in [0, 0.1) is 6.92 Å². The Hall–Kier alpha value is -1.94. The molecule has 4 nitrogen and oxygen atoms in total. The molecule has 0 spiro atoms. The Kier molecular flexibility index (Phi) is 3.35. The van der Waals surface area contributed by atoms with Gasteiger partial charge in [0.1, 0.15) is 0 Å². The first kappa shape index (κ1) is 11.5. The minimum Gasteiger partial charge on any atom is -0.354 e. The number of hydrogen-bond donors (Lipinski definition) is 2. The lowest BCUT2D eigenvalue weighted by Gasteiger charge is -2.11. The van der Waals surface area contributed by atoms with Crippen LogP contribution in [-0.4, -0.2) is 16.4 Å². The van der Waals surface area contributed by atoms with Crippen LogP contribution in [0.15, 0.2) is 36.4 Å². The molecule has 2 aromatic rings. The van der Waals surface area contributed by atoms with Gasteiger partial charge < -0.3 is 11.1 Å². The number of nitrogens with two attached hydrogens (primary N) is 1. The summed E-state index contributed by atoms with van der Waals surface area (Å²) in [4.78, 5) is 0. The van der Waals surface area contributed by atoms with Gasteiger partial charge in [0.05, 0.1) is 11.9 Å². The molecule has 3 N–H and O–H groups in total. The molecular formula is C13H16N4. The maximum Gasteiger partial charge on any atom is 0.152 e. The number of benzene rings is 1. The summed E-state index contributed by atoms with van der Waals surface area (Å²) in [6.07, 6.45) is -0.134. The van der Waals surface area contributed by atoms with Gasteiger partial charge >= 0.3 is 0 Å². The van der Waals surface area contributed by atoms with Gasteiger partial charge in [-0.3, -0.25) is 0 Å². The summed E-state index contributed by atoms with van der Waals surface area (Å²) < 4.78 is 0. The number of rotatable bonds is 3. The topological polar surface area (TPSA) is 63.8 Å². The van der Waals surface area contributed by atoms with Crippen molar-refractivity contribution in [1.82, 2.24) is 10.2 Å². The zero-order valence-corrected chi connectivity index (χ0v) is 10.0. The number of nitrogens with one attached hydrogen (secondary N) is 1. The molecule has 0 aliphatic heterocycles. The van der Waals surface area contributed by atoms with E-state index in [-0.39, 0.29) is 6.17 Å². The van der Waals surface area contributed by atoms with E-state index in [0.717, 1.165) is 22.6 Å². The number of aromatic nitrogens is 2. The van der Waals surface area contributed by atoms with Crippen molar-refractivity contribution in [3.63, 3.8) is 0 Å². The first-order chi connectivity index (χ1) is 8.16. The summed E-state index contributed by atoms with van der Waals surface area (Å²) in [6, 6.07) is 12.0. The lowest BCUT2D eigenvalue weighted by atomic mass is 10.1. The highest BCUT2D eigenvalue weighted by Gasteiger charge is 2.05. The Morgan fingerprint density at radius 1 is 1.18 bits per heavy atom. The largest absolute Gasteiger partial charge is 0.354 e. The van der Waals surface area contributed by atoms with Crippen molar-refractivity contribution >= 4 is 5.82 Å². The van der Waals surface area contributed by atoms with Gasteiger partial charge in [-0.15, -0.1) is 10.2 Å². The number of hydrogen-bond acceptors (Lipinski definition) is 4. The van der Waals surface area contributed by atoms with E-state index < -0.39 is 0 Å². The Morgan fingerprint density at radius 3 is 2.47 bits per heavy atom. The molecule has 1 heterocycles. The van der Waals surface area contributed by atoms with Gasteiger partial charge in [-0.2, -0.15) is 0 Å². The van der Waals surface area contributed by atoms with E-state index in [0.29, 0.717) is 0 Å². The van der Waals surface area contributed by atoms with E-state index in [1.165, 1.54) is 0 Å². The van der Waals surface area contributed by atoms with Crippen molar-refractivity contribution in [2.45, 2.75) is 20.0 Å². The molecule has 0 amide bonds. The second kappa shape index (κ2) is 4.93. The molecule has 2 rings (SSSR count). The molecule has 0 fully saturated rings. The Bertz CT molecular complexity index is 494. The van der Waals surface area contributed by atoms with Gasteiger partial charge in [-0.1, -0.05) is 30.3 Å². The molecule has 0 bridgehead atoms. The fraction of sp³-hybridized carbons (Fsp3) is 0.231. The van der Waals surface area contributed by atoms with Gasteiger partial charge in [0.25, 0.3) is 0 Å². The summed E-state index contributed by atoms with van der Waals surface area (Å²) in [5.74, 6) is 0.736. The SMILES string of the molecule is Cc1cc(-c2ccccc2)nnc1NC(C)N. The predicted octanol–water partition coefficient (Wildman–Crippen LogP) is 2.17. The highest BCUT2D eigenvalue weighted by molar-refractivity contribution is 5.61. The van der Waals surface area contributed by atoms with Crippen LogP contribution in [0.3, 0.4) is 0 Å². The molecule has 0 saturated heterocycles. The van der Waals surface area contributed by atoms with E-state index in [9.17, 15) is 0 Å². The quantitative estimate of drug-likeness (QED) is 0.790. The van der Waals surface area contributed by atoms with Crippen molar-refractivity contribution in [3.8, 4) is 11.3 Å². The molecular weight excluding hydrogens is 212 g/mol. The van der Waals surface area contributed by atoms with Crippen LogP contribution in [0.2, 0.25) is 0 Å². The van der Waals surface area contributed by atoms with Crippen molar-refractivity contribution in [2.75, 3.05) is 5.32 Å². The monoisotopic (exact) mass is 228 g/mol. The molecule has 0 saturated carbocycles. The molecule has 17 heavy (non-hydrogen) atoms. The van der Waals surface area contributed by atoms with Crippen LogP contribution in [0.25, 0.3) is 11.3 Å². The fourth-order valence-corrected chi connectivity index (χ4v) is 1.59. The van der Waals surface area contributed by atoms with Crippen LogP contribution in [0.1, 0.15) is 12.5 Å². The molecule has 4 heteroatoms. The molecule has 0 aliphatic carbocycles. The minimum absolute atomic E-state index is 0.134. The van der Waals surface area contributed by atoms with Crippen LogP contribution in [0.4, 0.5) is 5.82 Å². The molecule has 1 aromatic carbocycles. The summed E-state index contributed by atoms with van der Waals surface area (Å²) in [5.41, 5.74) is 8.64. The third-order valence-electron chi connectivity index (χ3n) is 2.42. The second-order valence-corrected chi connectivity index (χ2v) is 4.06. The Labute approximate surface area is 101 Å². The zero-order valence-electron chi connectivity index (χ0n) is 10.0. The normalized spacial score (nSPS) is 12.2. The Balaban J connectivity index is 2.31. The molecule has 1 aromatic heterocycles. The molecule has 1 atom stereocenters. The standard InChI is InChI=1S/C13H16N4/c1-9-8-12(11-6-4-3-5-7-11)16-17-13(9)15-10(2)14/h3-8,10H,14H2,1-2H3,(H,15,17). The van der Waals surface area contributed by atoms with Crippen molar-refractivity contribution < 1.29 is 0 Å². The second-order valence-electron chi connectivity index (χ2n) is 4.06. The van der Waals surface area contributed by atoms with Gasteiger partial charge in [0.15, 0.2) is 5.82 Å². The average molecular weight is 228 g/mol. The minimum atomic E-state index is -0.134. The first-order valence-electron chi connectivity index (χ1n) is 5.58. The van der Waals surface area contributed by atoms with E-state index in [4.69, 9.17) is 5.73 Å². The molecule has 0 aliphatic rings. The fourth-order valence-electron chi connectivity index (χ4n) is 1.59. The van der Waals surface area contributed by atoms with E-state index >= 15 is 0 Å². The van der Waals surface area contributed by atoms with Crippen molar-refractivity contribution in [1.29, 1.82) is 0 Å². The molecule has 1 unspecified atom stereocenters. The highest BCUT2D eigenvalue weighted by atomic mass is 15.2. The maximum atomic E-state index is 5.66. The van der Waals surface area contributed by atoms with Crippen LogP contribution < -0.4 is 11.1 Å². The van der Waals surface area contributed by atoms with Crippen molar-refractivity contribution in [3.05, 3.63) is 42.0 Å². The lowest BCUT2D eigenvalue weighted by molar-refractivity contribution is 0.830. The third-order valence-corrected chi connectivity index (χ3v) is 2.42. The third kappa shape index (κ3) is 2.79. The van der Waals surface area contributed by atoms with Crippen molar-refractivity contribution in [2.24, 2.45) is 5.73 Å². The molecule has 0 radical (unpaired) electrons. The Morgan fingerprint density at radius 2 is 1.88 bits per heavy atom. The van der Waals surface area contributed by atoms with E-state index in [2.05, 4.69) is 15.5 Å². The highest BCUT2D eigenvalue weighted by Crippen LogP contribution is 2.19. The van der Waals surface area contributed by atoms with E-state index in [1.807, 2.05) is 50.2 Å². The van der Waals surface area contributed by atoms with Crippen LogP contribution in [-0.2, 0) is 0 Å². The average Bonchev–Trinajstić information content (AvgIpc) is 2.32. The summed E-state index contributed by atoms with van der Waals surface area (Å²) in [6.45, 7) is 3.86. The van der Waals surface area contributed by atoms with Gasteiger partial charge in [-0.25, -0.2) is 0 Å². The molecule has 88 valence electrons. The number of anilines is 1. The summed E-state index contributed by atoms with van der Waals surface area (Å²) in [5, 5.41) is 11.4. The maximum absolute atomic E-state index is 5.66. The lowest BCUT2D eigenvalue weighted by Crippen LogP contribution is -2.26. The summed E-state index contributed by atoms with van der Waals surface area (Å²) in [7, 11) is 0. The number of aryl methyl sites for hydroxylation is 1. The van der Waals surface area contributed by atoms with Crippen LogP contribution >= 0.6 is 0 Å². The van der Waals surface area contributed by atoms with Gasteiger partial charge in [-0.05, 0) is 25.5 Å². The summed E-state index contributed by atoms with van der Waals surface area (Å²) >= 11 is 0. The predicted molar refractivity (Wildman–Crippen MR) is 69.5 cm³/mol. The van der Waals surface area contributed by atoms with Gasteiger partial charge in [0, 0.05) is 5.56 Å². The van der Waals surface area contributed by atoms with E-state index in [1.54, 1.807) is 0 Å². The van der Waals surface area contributed by atoms with Crippen LogP contribution in [0.5, 0.6) is 0 Å².